The molecule has 0 amide bonds. The number of fused-ring (bicyclic) bond motifs is 1. The third kappa shape index (κ3) is 0.655. The van der Waals surface area contributed by atoms with Crippen LogP contribution in [0.2, 0.25) is 0 Å². The molecule has 2 aromatic rings. The second-order valence-corrected chi connectivity index (χ2v) is 1.94. The average Bonchev–Trinajstić information content (AvgIpc) is 2.27. The Hall–Kier alpha value is -1.45. The summed E-state index contributed by atoms with van der Waals surface area (Å²) in [5.74, 6) is -0.291. The lowest BCUT2D eigenvalue weighted by Gasteiger charge is -1.86. The number of halogens is 1. The summed E-state index contributed by atoms with van der Waals surface area (Å²) < 4.78 is 13.9. The number of hydrogen-bond acceptors (Lipinski definition) is 2. The Morgan fingerprint density at radius 3 is 3.20 bits per heavy atom. The first kappa shape index (κ1) is 5.34. The summed E-state index contributed by atoms with van der Waals surface area (Å²) in [6, 6.07) is 1.38. The first-order valence-corrected chi connectivity index (χ1v) is 2.80. The monoisotopic (exact) mass is 137 g/mol. The zero-order chi connectivity index (χ0) is 6.97. The summed E-state index contributed by atoms with van der Waals surface area (Å²) in [6.45, 7) is 0. The van der Waals surface area contributed by atoms with Crippen LogP contribution < -0.4 is 0 Å². The molecule has 2 rings (SSSR count). The molecule has 50 valence electrons. The highest BCUT2D eigenvalue weighted by atomic mass is 19.1. The van der Waals surface area contributed by atoms with Gasteiger partial charge in [0.2, 0.25) is 0 Å². The van der Waals surface area contributed by atoms with E-state index in [1.165, 1.54) is 23.1 Å². The van der Waals surface area contributed by atoms with E-state index in [2.05, 4.69) is 10.1 Å². The first-order chi connectivity index (χ1) is 4.86. The molecule has 0 fully saturated rings. The van der Waals surface area contributed by atoms with Crippen molar-refractivity contribution in [2.75, 3.05) is 0 Å². The molecule has 0 aromatic carbocycles. The molecule has 0 unspecified atom stereocenters. The largest absolute Gasteiger partial charge is 0.241 e. The molecule has 0 bridgehead atoms. The highest BCUT2D eigenvalue weighted by Gasteiger charge is 1.95. The smallest absolute Gasteiger partial charge is 0.143 e. The second kappa shape index (κ2) is 1.76. The zero-order valence-corrected chi connectivity index (χ0v) is 5.03. The van der Waals surface area contributed by atoms with Crippen molar-refractivity contribution in [1.29, 1.82) is 0 Å². The van der Waals surface area contributed by atoms with Gasteiger partial charge >= 0.3 is 0 Å². The van der Waals surface area contributed by atoms with Gasteiger partial charge < -0.3 is 0 Å². The maximum Gasteiger partial charge on any atom is 0.143 e. The van der Waals surface area contributed by atoms with Crippen LogP contribution in [-0.2, 0) is 0 Å². The van der Waals surface area contributed by atoms with Gasteiger partial charge in [-0.3, -0.25) is 0 Å². The van der Waals surface area contributed by atoms with Crippen molar-refractivity contribution >= 4 is 5.52 Å². The summed E-state index contributed by atoms with van der Waals surface area (Å²) in [5.41, 5.74) is 0.667. The van der Waals surface area contributed by atoms with Gasteiger partial charge in [-0.05, 0) is 0 Å². The molecule has 0 saturated heterocycles. The molecule has 2 aromatic heterocycles. The van der Waals surface area contributed by atoms with E-state index in [9.17, 15) is 4.39 Å². The minimum Gasteiger partial charge on any atom is -0.241 e. The van der Waals surface area contributed by atoms with Gasteiger partial charge in [0.1, 0.15) is 12.1 Å². The van der Waals surface area contributed by atoms with Gasteiger partial charge in [0.25, 0.3) is 0 Å². The fraction of sp³-hybridized carbons (Fsp3) is 0. The second-order valence-electron chi connectivity index (χ2n) is 1.94. The molecule has 0 aliphatic rings. The average molecular weight is 137 g/mol. The van der Waals surface area contributed by atoms with Crippen LogP contribution in [0.5, 0.6) is 0 Å². The number of nitrogens with zero attached hydrogens (tertiary/aromatic N) is 3. The third-order valence-corrected chi connectivity index (χ3v) is 1.25. The van der Waals surface area contributed by atoms with E-state index in [4.69, 9.17) is 0 Å². The summed E-state index contributed by atoms with van der Waals surface area (Å²) in [4.78, 5) is 3.73. The lowest BCUT2D eigenvalue weighted by molar-refractivity contribution is 0.625. The predicted molar refractivity (Wildman–Crippen MR) is 32.9 cm³/mol. The molecule has 0 atom stereocenters. The van der Waals surface area contributed by atoms with Crippen molar-refractivity contribution in [2.45, 2.75) is 0 Å². The molecule has 0 spiro atoms. The van der Waals surface area contributed by atoms with Gasteiger partial charge in [-0.25, -0.2) is 13.9 Å². The van der Waals surface area contributed by atoms with Crippen molar-refractivity contribution in [2.24, 2.45) is 0 Å². The Kier molecular flexibility index (Phi) is 0.943. The van der Waals surface area contributed by atoms with E-state index in [-0.39, 0.29) is 5.82 Å². The fourth-order valence-corrected chi connectivity index (χ4v) is 0.828. The van der Waals surface area contributed by atoms with E-state index in [0.717, 1.165) is 0 Å². The standard InChI is InChI=1S/C6H4FN3/c7-5-1-6-2-8-4-9-10(6)3-5/h1-4H. The normalized spacial score (nSPS) is 10.5. The van der Waals surface area contributed by atoms with E-state index in [0.29, 0.717) is 5.52 Å². The van der Waals surface area contributed by atoms with Gasteiger partial charge in [0, 0.05) is 6.07 Å². The van der Waals surface area contributed by atoms with Crippen molar-refractivity contribution in [1.82, 2.24) is 14.6 Å². The Labute approximate surface area is 56.1 Å². The minimum absolute atomic E-state index is 0.291. The Balaban J connectivity index is 2.88. The first-order valence-electron chi connectivity index (χ1n) is 2.80. The lowest BCUT2D eigenvalue weighted by Crippen LogP contribution is -1.87. The van der Waals surface area contributed by atoms with Crippen molar-refractivity contribution in [3.63, 3.8) is 0 Å². The highest BCUT2D eigenvalue weighted by molar-refractivity contribution is 5.43. The minimum atomic E-state index is -0.291. The topological polar surface area (TPSA) is 30.2 Å². The van der Waals surface area contributed by atoms with Crippen molar-refractivity contribution in [3.8, 4) is 0 Å². The third-order valence-electron chi connectivity index (χ3n) is 1.25. The van der Waals surface area contributed by atoms with Crippen LogP contribution in [0.1, 0.15) is 0 Å². The SMILES string of the molecule is Fc1cc2cncnn2c1. The summed E-state index contributed by atoms with van der Waals surface area (Å²) in [7, 11) is 0. The van der Waals surface area contributed by atoms with Gasteiger partial charge in [-0.15, -0.1) is 0 Å². The summed E-state index contributed by atoms with van der Waals surface area (Å²) in [6.07, 6.45) is 4.22. The molecular formula is C6H4FN3. The molecule has 0 N–H and O–H groups in total. The van der Waals surface area contributed by atoms with Gasteiger partial charge in [0.15, 0.2) is 0 Å². The van der Waals surface area contributed by atoms with E-state index >= 15 is 0 Å². The van der Waals surface area contributed by atoms with Crippen LogP contribution in [0, 0.1) is 5.82 Å². The Morgan fingerprint density at radius 1 is 1.50 bits per heavy atom. The quantitative estimate of drug-likeness (QED) is 0.539. The maximum atomic E-state index is 12.4. The van der Waals surface area contributed by atoms with Crippen molar-refractivity contribution in [3.05, 3.63) is 30.6 Å². The molecule has 0 aliphatic heterocycles. The summed E-state index contributed by atoms with van der Waals surface area (Å²) >= 11 is 0. The molecule has 2 heterocycles. The highest BCUT2D eigenvalue weighted by Crippen LogP contribution is 2.03. The predicted octanol–water partition coefficient (Wildman–Crippen LogP) is 0.868. The van der Waals surface area contributed by atoms with E-state index in [1.54, 1.807) is 6.20 Å². The molecule has 0 radical (unpaired) electrons. The van der Waals surface area contributed by atoms with E-state index < -0.39 is 0 Å². The molecule has 3 nitrogen and oxygen atoms in total. The Bertz CT molecular complexity index is 322. The summed E-state index contributed by atoms with van der Waals surface area (Å²) in [5, 5.41) is 3.77. The maximum absolute atomic E-state index is 12.4. The van der Waals surface area contributed by atoms with Crippen LogP contribution in [0.4, 0.5) is 4.39 Å². The van der Waals surface area contributed by atoms with Crippen LogP contribution in [-0.4, -0.2) is 14.6 Å². The molecule has 0 saturated carbocycles. The van der Waals surface area contributed by atoms with Gasteiger partial charge in [0.05, 0.1) is 17.9 Å². The van der Waals surface area contributed by atoms with Crippen LogP contribution in [0.3, 0.4) is 0 Å². The Morgan fingerprint density at radius 2 is 2.40 bits per heavy atom. The van der Waals surface area contributed by atoms with Crippen molar-refractivity contribution < 1.29 is 4.39 Å². The van der Waals surface area contributed by atoms with Gasteiger partial charge in [-0.1, -0.05) is 0 Å². The van der Waals surface area contributed by atoms with Crippen LogP contribution in [0.15, 0.2) is 24.8 Å². The number of aromatic nitrogens is 3. The molecule has 0 aliphatic carbocycles. The number of rotatable bonds is 0. The van der Waals surface area contributed by atoms with Crippen LogP contribution in [0.25, 0.3) is 5.52 Å². The fourth-order valence-electron chi connectivity index (χ4n) is 0.828. The molecular weight excluding hydrogens is 133 g/mol. The van der Waals surface area contributed by atoms with Crippen LogP contribution >= 0.6 is 0 Å². The number of hydrogen-bond donors (Lipinski definition) is 0. The van der Waals surface area contributed by atoms with E-state index in [1.807, 2.05) is 0 Å². The van der Waals surface area contributed by atoms with Gasteiger partial charge in [-0.2, -0.15) is 5.10 Å². The molecule has 10 heavy (non-hydrogen) atoms. The zero-order valence-electron chi connectivity index (χ0n) is 5.03. The lowest BCUT2D eigenvalue weighted by atomic mass is 10.5. The molecule has 4 heteroatoms.